The summed E-state index contributed by atoms with van der Waals surface area (Å²) < 4.78 is 31.9. The van der Waals surface area contributed by atoms with E-state index in [4.69, 9.17) is 4.52 Å². The number of hydrogen-bond acceptors (Lipinski definition) is 7. The summed E-state index contributed by atoms with van der Waals surface area (Å²) in [7, 11) is -3.78. The minimum Gasteiger partial charge on any atom is -0.360 e. The number of carbonyl (C=O) groups excluding carboxylic acids is 1. The van der Waals surface area contributed by atoms with Crippen molar-refractivity contribution in [3.8, 4) is 0 Å². The Hall–Kier alpha value is -2.79. The monoisotopic (exact) mass is 406 g/mol. The Kier molecular flexibility index (Phi) is 4.63. The van der Waals surface area contributed by atoms with E-state index in [-0.39, 0.29) is 48.4 Å². The van der Waals surface area contributed by atoms with Crippen LogP contribution >= 0.6 is 0 Å². The van der Waals surface area contributed by atoms with Crippen LogP contribution in [0.5, 0.6) is 0 Å². The SMILES string of the molecule is O=C(c1cc(C2CC2)on1)N1CCN(S(=O)(=O)c2ccc([N+](=O)[O-])cc2)CC1. The smallest absolute Gasteiger partial charge is 0.276 e. The third kappa shape index (κ3) is 3.50. The zero-order valence-electron chi connectivity index (χ0n) is 14.9. The third-order valence-corrected chi connectivity index (χ3v) is 6.85. The second-order valence-electron chi connectivity index (χ2n) is 6.84. The first-order valence-corrected chi connectivity index (χ1v) is 10.3. The molecule has 28 heavy (non-hydrogen) atoms. The number of nitro groups is 1. The molecule has 0 atom stereocenters. The molecule has 4 rings (SSSR count). The molecular weight excluding hydrogens is 388 g/mol. The van der Waals surface area contributed by atoms with Crippen molar-refractivity contribution in [1.82, 2.24) is 14.4 Å². The van der Waals surface area contributed by atoms with Gasteiger partial charge in [-0.1, -0.05) is 5.16 Å². The molecule has 1 aliphatic heterocycles. The number of hydrogen-bond donors (Lipinski definition) is 0. The lowest BCUT2D eigenvalue weighted by atomic mass is 10.2. The summed E-state index contributed by atoms with van der Waals surface area (Å²) >= 11 is 0. The first-order chi connectivity index (χ1) is 13.4. The van der Waals surface area contributed by atoms with Crippen LogP contribution in [-0.4, -0.2) is 59.8 Å². The summed E-state index contributed by atoms with van der Waals surface area (Å²) in [5.74, 6) is 0.809. The van der Waals surface area contributed by atoms with Crippen LogP contribution < -0.4 is 0 Å². The number of piperazine rings is 1. The minimum atomic E-state index is -3.78. The van der Waals surface area contributed by atoms with E-state index in [0.29, 0.717) is 5.92 Å². The van der Waals surface area contributed by atoms with Crippen LogP contribution in [0.1, 0.15) is 35.0 Å². The lowest BCUT2D eigenvalue weighted by Crippen LogP contribution is -2.50. The average molecular weight is 406 g/mol. The van der Waals surface area contributed by atoms with Crippen molar-refractivity contribution in [2.75, 3.05) is 26.2 Å². The van der Waals surface area contributed by atoms with Crippen molar-refractivity contribution < 1.29 is 22.7 Å². The number of non-ortho nitro benzene ring substituents is 1. The fourth-order valence-electron chi connectivity index (χ4n) is 3.13. The van der Waals surface area contributed by atoms with E-state index in [1.165, 1.54) is 16.4 Å². The van der Waals surface area contributed by atoms with E-state index in [9.17, 15) is 23.3 Å². The van der Waals surface area contributed by atoms with Crippen LogP contribution in [0, 0.1) is 10.1 Å². The zero-order chi connectivity index (χ0) is 19.9. The number of nitrogens with zero attached hydrogens (tertiary/aromatic N) is 4. The molecule has 0 spiro atoms. The molecule has 11 heteroatoms. The second kappa shape index (κ2) is 6.99. The lowest BCUT2D eigenvalue weighted by Gasteiger charge is -2.33. The molecule has 0 unspecified atom stereocenters. The first-order valence-electron chi connectivity index (χ1n) is 8.87. The van der Waals surface area contributed by atoms with Gasteiger partial charge in [0, 0.05) is 50.3 Å². The van der Waals surface area contributed by atoms with Crippen LogP contribution in [0.3, 0.4) is 0 Å². The summed E-state index contributed by atoms with van der Waals surface area (Å²) in [6, 6.07) is 6.43. The standard InChI is InChI=1S/C17H18N4O6S/c22-17(15-11-16(27-18-15)12-1-2-12)19-7-9-20(10-8-19)28(25,26)14-5-3-13(4-6-14)21(23)24/h3-6,11-12H,1-2,7-10H2. The Morgan fingerprint density at radius 3 is 2.36 bits per heavy atom. The van der Waals surface area contributed by atoms with E-state index < -0.39 is 14.9 Å². The van der Waals surface area contributed by atoms with Gasteiger partial charge in [-0.2, -0.15) is 4.31 Å². The van der Waals surface area contributed by atoms with Gasteiger partial charge in [0.25, 0.3) is 11.6 Å². The van der Waals surface area contributed by atoms with Crippen molar-refractivity contribution in [1.29, 1.82) is 0 Å². The van der Waals surface area contributed by atoms with Gasteiger partial charge in [0.15, 0.2) is 5.69 Å². The molecule has 1 saturated heterocycles. The Morgan fingerprint density at radius 2 is 1.79 bits per heavy atom. The Labute approximate surface area is 160 Å². The highest BCUT2D eigenvalue weighted by Gasteiger charge is 2.33. The largest absolute Gasteiger partial charge is 0.360 e. The first kappa shape index (κ1) is 18.6. The van der Waals surface area contributed by atoms with Gasteiger partial charge in [0.2, 0.25) is 10.0 Å². The Bertz CT molecular complexity index is 1000. The van der Waals surface area contributed by atoms with E-state index >= 15 is 0 Å². The molecule has 10 nitrogen and oxygen atoms in total. The molecule has 1 saturated carbocycles. The molecule has 2 heterocycles. The summed E-state index contributed by atoms with van der Waals surface area (Å²) in [6.45, 7) is 0.740. The molecule has 2 aromatic rings. The van der Waals surface area contributed by atoms with Crippen molar-refractivity contribution >= 4 is 21.6 Å². The predicted octanol–water partition coefficient (Wildman–Crippen LogP) is 1.61. The van der Waals surface area contributed by atoms with Crippen molar-refractivity contribution in [3.05, 3.63) is 51.9 Å². The highest BCUT2D eigenvalue weighted by atomic mass is 32.2. The van der Waals surface area contributed by atoms with Crippen LogP contribution in [0.15, 0.2) is 39.8 Å². The summed E-state index contributed by atoms with van der Waals surface area (Å²) in [4.78, 5) is 24.2. The van der Waals surface area contributed by atoms with Crippen LogP contribution in [-0.2, 0) is 10.0 Å². The number of nitro benzene ring substituents is 1. The van der Waals surface area contributed by atoms with Gasteiger partial charge in [-0.25, -0.2) is 8.42 Å². The zero-order valence-corrected chi connectivity index (χ0v) is 15.7. The van der Waals surface area contributed by atoms with Crippen LogP contribution in [0.2, 0.25) is 0 Å². The number of benzene rings is 1. The lowest BCUT2D eigenvalue weighted by molar-refractivity contribution is -0.384. The Balaban J connectivity index is 1.41. The molecule has 1 amide bonds. The number of sulfonamides is 1. The van der Waals surface area contributed by atoms with Gasteiger partial charge in [0.1, 0.15) is 5.76 Å². The van der Waals surface area contributed by atoms with Gasteiger partial charge in [-0.05, 0) is 25.0 Å². The maximum absolute atomic E-state index is 12.7. The fraction of sp³-hybridized carbons (Fsp3) is 0.412. The number of amides is 1. The maximum Gasteiger partial charge on any atom is 0.276 e. The van der Waals surface area contributed by atoms with Gasteiger partial charge < -0.3 is 9.42 Å². The maximum atomic E-state index is 12.7. The summed E-state index contributed by atoms with van der Waals surface area (Å²) in [5, 5.41) is 14.6. The predicted molar refractivity (Wildman–Crippen MR) is 96.2 cm³/mol. The molecular formula is C17H18N4O6S. The van der Waals surface area contributed by atoms with Gasteiger partial charge in [-0.3, -0.25) is 14.9 Å². The molecule has 1 aliphatic carbocycles. The molecule has 0 bridgehead atoms. The van der Waals surface area contributed by atoms with Gasteiger partial charge >= 0.3 is 0 Å². The number of carbonyl (C=O) groups is 1. The highest BCUT2D eigenvalue weighted by Crippen LogP contribution is 2.40. The van der Waals surface area contributed by atoms with Crippen molar-refractivity contribution in [3.63, 3.8) is 0 Å². The normalized spacial score (nSPS) is 18.2. The molecule has 0 radical (unpaired) electrons. The van der Waals surface area contributed by atoms with Gasteiger partial charge in [0.05, 0.1) is 9.82 Å². The van der Waals surface area contributed by atoms with E-state index in [2.05, 4.69) is 5.16 Å². The van der Waals surface area contributed by atoms with Crippen molar-refractivity contribution in [2.24, 2.45) is 0 Å². The van der Waals surface area contributed by atoms with E-state index in [1.54, 1.807) is 11.0 Å². The third-order valence-electron chi connectivity index (χ3n) is 4.94. The van der Waals surface area contributed by atoms with E-state index in [1.807, 2.05) is 0 Å². The molecule has 2 fully saturated rings. The fourth-order valence-corrected chi connectivity index (χ4v) is 4.55. The van der Waals surface area contributed by atoms with Crippen LogP contribution in [0.4, 0.5) is 5.69 Å². The summed E-state index contributed by atoms with van der Waals surface area (Å²) in [5.41, 5.74) is 0.0705. The minimum absolute atomic E-state index is 0.0107. The molecule has 1 aromatic heterocycles. The summed E-state index contributed by atoms with van der Waals surface area (Å²) in [6.07, 6.45) is 2.09. The topological polar surface area (TPSA) is 127 Å². The van der Waals surface area contributed by atoms with Gasteiger partial charge in [-0.15, -0.1) is 0 Å². The van der Waals surface area contributed by atoms with Crippen LogP contribution in [0.25, 0.3) is 0 Å². The highest BCUT2D eigenvalue weighted by molar-refractivity contribution is 7.89. The molecule has 148 valence electrons. The average Bonchev–Trinajstić information content (AvgIpc) is 3.44. The quantitative estimate of drug-likeness (QED) is 0.545. The Morgan fingerprint density at radius 1 is 1.14 bits per heavy atom. The molecule has 0 N–H and O–H groups in total. The number of aromatic nitrogens is 1. The van der Waals surface area contributed by atoms with Crippen molar-refractivity contribution in [2.45, 2.75) is 23.7 Å². The number of rotatable bonds is 5. The van der Waals surface area contributed by atoms with E-state index in [0.717, 1.165) is 30.7 Å². The molecule has 2 aliphatic rings. The second-order valence-corrected chi connectivity index (χ2v) is 8.77. The molecule has 1 aromatic carbocycles.